The number of carbonyl (C=O) groups excluding carboxylic acids is 2. The summed E-state index contributed by atoms with van der Waals surface area (Å²) in [5, 5.41) is 0.0546. The highest BCUT2D eigenvalue weighted by molar-refractivity contribution is 7.90. The lowest BCUT2D eigenvalue weighted by Crippen LogP contribution is -2.41. The number of esters is 2. The Morgan fingerprint density at radius 1 is 0.600 bits per heavy atom. The van der Waals surface area contributed by atoms with E-state index in [2.05, 4.69) is 19.9 Å². The van der Waals surface area contributed by atoms with Crippen LogP contribution in [-0.2, 0) is 61.3 Å². The average Bonchev–Trinajstić information content (AvgIpc) is 1.58. The zero-order valence-corrected chi connectivity index (χ0v) is 52.7. The Kier molecular flexibility index (Phi) is 17.5. The van der Waals surface area contributed by atoms with Crippen molar-refractivity contribution in [2.45, 2.75) is 114 Å². The SMILES string of the molecule is COC(=O)[C@H]1[C@@H]2CC[C@@H](C2)[C@@H]1Cc1nc(-c2cn(S(=O)(=O)c3ccc(C)cc3)c3c(F)cc(F)cc23)ncc1F.COC(=O)[C@H]1[C@@H]2CC[C@@H](C2)[C@@H]1Cc1nc(Cl)ncc1F.Cc1ccc(S(=O)(=O)n2cc(B3OC(C)(C)C(C)(C)O3)c3cc(F)cc(F)c32)cc1. The molecule has 16 nitrogen and oxygen atoms in total. The molecule has 4 aliphatic carbocycles. The van der Waals surface area contributed by atoms with E-state index in [9.17, 15) is 44.0 Å². The smallest absolute Gasteiger partial charge is 0.469 e. The van der Waals surface area contributed by atoms with E-state index in [1.54, 1.807) is 31.2 Å². The van der Waals surface area contributed by atoms with E-state index < -0.39 is 73.3 Å². The molecule has 1 aliphatic heterocycles. The van der Waals surface area contributed by atoms with E-state index in [1.807, 2.05) is 34.6 Å². The van der Waals surface area contributed by atoms with Crippen LogP contribution in [0.1, 0.15) is 88.7 Å². The Hall–Kier alpha value is -7.19. The molecule has 5 heterocycles. The number of ether oxygens (including phenoxy) is 2. The van der Waals surface area contributed by atoms with Crippen LogP contribution in [0.3, 0.4) is 0 Å². The van der Waals surface area contributed by atoms with Crippen LogP contribution in [0.4, 0.5) is 26.3 Å². The molecule has 4 aromatic heterocycles. The molecule has 0 N–H and O–H groups in total. The fourth-order valence-electron chi connectivity index (χ4n) is 13.9. The lowest BCUT2D eigenvalue weighted by Gasteiger charge is -2.32. The van der Waals surface area contributed by atoms with Crippen molar-refractivity contribution in [2.75, 3.05) is 14.2 Å². The number of rotatable bonds is 12. The molecular formula is C64H64BClF6N6O10S2. The number of nitrogens with zero attached hydrogens (tertiary/aromatic N) is 6. The normalized spacial score (nSPS) is 23.0. The number of aryl methyl sites for hydroxylation is 2. The molecule has 0 radical (unpaired) electrons. The summed E-state index contributed by atoms with van der Waals surface area (Å²) < 4.78 is 164. The Labute approximate surface area is 521 Å². The first-order valence-electron chi connectivity index (χ1n) is 29.4. The van der Waals surface area contributed by atoms with Crippen LogP contribution in [0.15, 0.2) is 107 Å². The molecule has 8 atom stereocenters. The summed E-state index contributed by atoms with van der Waals surface area (Å²) in [5.41, 5.74) is 0.334. The second kappa shape index (κ2) is 24.5. The van der Waals surface area contributed by atoms with Crippen molar-refractivity contribution in [3.63, 3.8) is 0 Å². The molecule has 0 amide bonds. The molecular weight excluding hydrogens is 1240 g/mol. The summed E-state index contributed by atoms with van der Waals surface area (Å²) in [6.07, 6.45) is 10.9. The van der Waals surface area contributed by atoms with Crippen LogP contribution in [0, 0.1) is 96.1 Å². The number of benzene rings is 4. The predicted octanol–water partition coefficient (Wildman–Crippen LogP) is 11.8. The van der Waals surface area contributed by atoms with Crippen LogP contribution < -0.4 is 5.46 Å². The second-order valence-electron chi connectivity index (χ2n) is 24.9. The largest absolute Gasteiger partial charge is 0.497 e. The first kappa shape index (κ1) is 64.3. The third kappa shape index (κ3) is 11.9. The Bertz CT molecular complexity index is 4350. The van der Waals surface area contributed by atoms with Crippen LogP contribution >= 0.6 is 11.6 Å². The standard InChI is InChI=1S/C29H26F3N3O4S.C21H22BF2NO4S.C14H16ClFN2O2/c1-15-3-7-19(8-4-15)40(37,38)35-14-22(21-10-18(30)11-23(31)27(21)35)28-33-13-24(32)25(34-28)12-20-16-5-6-17(9-16)26(20)29(36)39-2;1-13-6-8-15(9-7-13)30(26,27)25-12-17(16-10-14(23)11-18(24)19(16)25)22-28-20(2,3)21(4,5)29-22;1-20-13(19)12-8-3-2-7(4-8)9(12)5-11-10(16)6-17-14(15)18-11/h3-4,7-8,10-11,13-14,16-17,20,26H,5-6,9,12H2,1-2H3;6-12H,1-5H3;6-9,12H,2-5H2,1H3/t16-,17+,20-,26-;;7-,8+,9-,12-/m0.0/s1. The minimum Gasteiger partial charge on any atom is -0.469 e. The molecule has 90 heavy (non-hydrogen) atoms. The molecule has 26 heteroatoms. The molecule has 474 valence electrons. The van der Waals surface area contributed by atoms with Crippen LogP contribution in [0.2, 0.25) is 5.28 Å². The Balaban J connectivity index is 0.000000147. The quantitative estimate of drug-likeness (QED) is 0.0484. The number of halogens is 7. The lowest BCUT2D eigenvalue weighted by atomic mass is 9.77. The maximum atomic E-state index is 15.1. The first-order valence-corrected chi connectivity index (χ1v) is 32.6. The van der Waals surface area contributed by atoms with Gasteiger partial charge in [0.05, 0.1) is 76.3 Å². The fraction of sp³-hybridized carbons (Fsp3) is 0.406. The average molecular weight is 1300 g/mol. The van der Waals surface area contributed by atoms with E-state index >= 15 is 8.78 Å². The maximum absolute atomic E-state index is 15.1. The van der Waals surface area contributed by atoms with Crippen molar-refractivity contribution >= 4 is 78.0 Å². The van der Waals surface area contributed by atoms with Gasteiger partial charge in [0.2, 0.25) is 5.28 Å². The number of carbonyl (C=O) groups is 2. The van der Waals surface area contributed by atoms with Crippen LogP contribution in [-0.4, -0.2) is 89.2 Å². The predicted molar refractivity (Wildman–Crippen MR) is 322 cm³/mol. The van der Waals surface area contributed by atoms with Crippen molar-refractivity contribution in [1.82, 2.24) is 27.9 Å². The van der Waals surface area contributed by atoms with E-state index in [1.165, 1.54) is 44.7 Å². The molecule has 4 saturated carbocycles. The summed E-state index contributed by atoms with van der Waals surface area (Å²) in [4.78, 5) is 40.5. The molecule has 4 aromatic carbocycles. The minimum atomic E-state index is -4.29. The fourth-order valence-corrected chi connectivity index (χ4v) is 16.9. The highest BCUT2D eigenvalue weighted by Crippen LogP contribution is 2.55. The number of hydrogen-bond acceptors (Lipinski definition) is 14. The van der Waals surface area contributed by atoms with Gasteiger partial charge in [0.1, 0.15) is 17.2 Å². The zero-order chi connectivity index (χ0) is 64.7. The maximum Gasteiger partial charge on any atom is 0.497 e. The molecule has 4 bridgehead atoms. The molecule has 5 fully saturated rings. The summed E-state index contributed by atoms with van der Waals surface area (Å²) in [7, 11) is -6.66. The van der Waals surface area contributed by atoms with Crippen molar-refractivity contribution in [3.05, 3.63) is 160 Å². The molecule has 1 saturated heterocycles. The van der Waals surface area contributed by atoms with Gasteiger partial charge in [-0.1, -0.05) is 35.4 Å². The Morgan fingerprint density at radius 2 is 1.02 bits per heavy atom. The molecule has 0 spiro atoms. The highest BCUT2D eigenvalue weighted by atomic mass is 35.5. The van der Waals surface area contributed by atoms with Gasteiger partial charge in [-0.25, -0.2) is 71.1 Å². The van der Waals surface area contributed by atoms with Crippen molar-refractivity contribution in [2.24, 2.45) is 47.3 Å². The number of methoxy groups -OCH3 is 2. The van der Waals surface area contributed by atoms with Gasteiger partial charge in [0.25, 0.3) is 20.0 Å². The van der Waals surface area contributed by atoms with Gasteiger partial charge in [-0.3, -0.25) is 9.59 Å². The van der Waals surface area contributed by atoms with Gasteiger partial charge in [-0.15, -0.1) is 0 Å². The number of aromatic nitrogens is 6. The summed E-state index contributed by atoms with van der Waals surface area (Å²) in [5.74, 6) is -4.82. The van der Waals surface area contributed by atoms with Crippen molar-refractivity contribution in [3.8, 4) is 11.4 Å². The third-order valence-electron chi connectivity index (χ3n) is 19.1. The summed E-state index contributed by atoms with van der Waals surface area (Å²) in [6.45, 7) is 11.0. The highest BCUT2D eigenvalue weighted by Gasteiger charge is 2.54. The van der Waals surface area contributed by atoms with Gasteiger partial charge in [0.15, 0.2) is 29.1 Å². The first-order chi connectivity index (χ1) is 42.5. The van der Waals surface area contributed by atoms with E-state index in [4.69, 9.17) is 30.4 Å². The van der Waals surface area contributed by atoms with E-state index in [-0.39, 0.29) is 113 Å². The molecule has 8 aromatic rings. The van der Waals surface area contributed by atoms with Gasteiger partial charge < -0.3 is 18.8 Å². The summed E-state index contributed by atoms with van der Waals surface area (Å²) >= 11 is 5.73. The van der Waals surface area contributed by atoms with Crippen molar-refractivity contribution in [1.29, 1.82) is 0 Å². The monoisotopic (exact) mass is 1300 g/mol. The van der Waals surface area contributed by atoms with Crippen LogP contribution in [0.5, 0.6) is 0 Å². The molecule has 13 rings (SSSR count). The molecule has 5 aliphatic rings. The van der Waals surface area contributed by atoms with Gasteiger partial charge >= 0.3 is 19.1 Å². The minimum absolute atomic E-state index is 0.00538. The van der Waals surface area contributed by atoms with Gasteiger partial charge in [-0.2, -0.15) is 0 Å². The lowest BCUT2D eigenvalue weighted by molar-refractivity contribution is -0.150. The number of hydrogen-bond donors (Lipinski definition) is 0. The zero-order valence-electron chi connectivity index (χ0n) is 50.3. The van der Waals surface area contributed by atoms with Gasteiger partial charge in [0, 0.05) is 46.3 Å². The molecule has 0 unspecified atom stereocenters. The van der Waals surface area contributed by atoms with Crippen LogP contribution in [0.25, 0.3) is 33.2 Å². The van der Waals surface area contributed by atoms with E-state index in [0.717, 1.165) is 88.3 Å². The number of fused-ring (bicyclic) bond motifs is 6. The summed E-state index contributed by atoms with van der Waals surface area (Å²) in [6, 6.07) is 15.6. The Morgan fingerprint density at radius 3 is 1.50 bits per heavy atom. The van der Waals surface area contributed by atoms with Crippen molar-refractivity contribution < 1.29 is 71.5 Å². The van der Waals surface area contributed by atoms with E-state index in [0.29, 0.717) is 36.1 Å². The second-order valence-corrected chi connectivity index (χ2v) is 28.9. The topological polar surface area (TPSA) is 201 Å². The third-order valence-corrected chi connectivity index (χ3v) is 22.6. The van der Waals surface area contributed by atoms with Gasteiger partial charge in [-0.05, 0) is 176 Å².